The van der Waals surface area contributed by atoms with Crippen molar-refractivity contribution in [3.05, 3.63) is 53.3 Å². The Hall–Kier alpha value is -2.63. The second kappa shape index (κ2) is 6.47. The summed E-state index contributed by atoms with van der Waals surface area (Å²) < 4.78 is 1.64. The van der Waals surface area contributed by atoms with E-state index in [0.717, 1.165) is 16.7 Å². The Kier molecular flexibility index (Phi) is 4.38. The zero-order valence-electron chi connectivity index (χ0n) is 13.8. The topological polar surface area (TPSA) is 75.4 Å². The molecule has 2 aromatic rings. The number of carboxylic acid groups (broad SMARTS) is 1. The van der Waals surface area contributed by atoms with Crippen molar-refractivity contribution in [3.63, 3.8) is 0 Å². The maximum Gasteiger partial charge on any atom is 0.308 e. The first-order chi connectivity index (χ1) is 11.5. The zero-order valence-corrected chi connectivity index (χ0v) is 13.8. The number of hydrogen-bond donors (Lipinski definition) is 1. The summed E-state index contributed by atoms with van der Waals surface area (Å²) in [4.78, 5) is 26.0. The Morgan fingerprint density at radius 1 is 1.42 bits per heavy atom. The molecular formula is C18H21N3O3. The molecule has 0 saturated carbocycles. The molecule has 0 radical (unpaired) electrons. The van der Waals surface area contributed by atoms with Crippen LogP contribution in [0.1, 0.15) is 35.6 Å². The summed E-state index contributed by atoms with van der Waals surface area (Å²) in [5.41, 5.74) is 2.89. The van der Waals surface area contributed by atoms with E-state index < -0.39 is 17.9 Å². The number of aromatic nitrogens is 2. The van der Waals surface area contributed by atoms with Gasteiger partial charge in [0.05, 0.1) is 18.2 Å². The molecule has 1 aromatic carbocycles. The highest BCUT2D eigenvalue weighted by Crippen LogP contribution is 2.37. The average molecular weight is 327 g/mol. The van der Waals surface area contributed by atoms with Crippen LogP contribution in [0.5, 0.6) is 0 Å². The lowest BCUT2D eigenvalue weighted by Crippen LogP contribution is -2.44. The summed E-state index contributed by atoms with van der Waals surface area (Å²) >= 11 is 0. The lowest BCUT2D eigenvalue weighted by atomic mass is 9.85. The number of benzene rings is 1. The second-order valence-corrected chi connectivity index (χ2v) is 6.39. The van der Waals surface area contributed by atoms with Gasteiger partial charge in [0.1, 0.15) is 0 Å². The number of carboxylic acids is 1. The highest BCUT2D eigenvalue weighted by Gasteiger charge is 2.41. The highest BCUT2D eigenvalue weighted by atomic mass is 16.4. The van der Waals surface area contributed by atoms with Crippen molar-refractivity contribution in [3.8, 4) is 0 Å². The van der Waals surface area contributed by atoms with Crippen molar-refractivity contribution in [1.82, 2.24) is 14.7 Å². The molecule has 3 rings (SSSR count). The lowest BCUT2D eigenvalue weighted by molar-refractivity contribution is -0.152. The number of aryl methyl sites for hydroxylation is 2. The summed E-state index contributed by atoms with van der Waals surface area (Å²) in [5.74, 6) is -1.50. The van der Waals surface area contributed by atoms with E-state index in [4.69, 9.17) is 0 Å². The van der Waals surface area contributed by atoms with Gasteiger partial charge in [-0.3, -0.25) is 14.3 Å². The molecule has 6 heteroatoms. The van der Waals surface area contributed by atoms with Crippen LogP contribution >= 0.6 is 0 Å². The normalized spacial score (nSPS) is 21.1. The van der Waals surface area contributed by atoms with Gasteiger partial charge in [0, 0.05) is 31.8 Å². The maximum atomic E-state index is 12.5. The van der Waals surface area contributed by atoms with Crippen LogP contribution in [-0.2, 0) is 23.2 Å². The lowest BCUT2D eigenvalue weighted by Gasteiger charge is -2.39. The van der Waals surface area contributed by atoms with Crippen molar-refractivity contribution in [2.45, 2.75) is 32.4 Å². The van der Waals surface area contributed by atoms with E-state index in [1.807, 2.05) is 31.2 Å². The van der Waals surface area contributed by atoms with Gasteiger partial charge in [0.2, 0.25) is 5.91 Å². The van der Waals surface area contributed by atoms with Gasteiger partial charge in [-0.1, -0.05) is 29.8 Å². The first-order valence-electron chi connectivity index (χ1n) is 8.02. The minimum Gasteiger partial charge on any atom is -0.481 e. The number of rotatable bonds is 4. The van der Waals surface area contributed by atoms with E-state index in [-0.39, 0.29) is 12.3 Å². The molecule has 2 atom stereocenters. The van der Waals surface area contributed by atoms with Crippen molar-refractivity contribution in [2.24, 2.45) is 13.0 Å². The van der Waals surface area contributed by atoms with E-state index in [2.05, 4.69) is 5.10 Å². The van der Waals surface area contributed by atoms with Crippen LogP contribution in [0.4, 0.5) is 0 Å². The summed E-state index contributed by atoms with van der Waals surface area (Å²) in [6.45, 7) is 2.41. The number of carbonyl (C=O) groups is 2. The van der Waals surface area contributed by atoms with Gasteiger partial charge in [0.15, 0.2) is 0 Å². The number of aliphatic carboxylic acids is 1. The molecule has 0 unspecified atom stereocenters. The van der Waals surface area contributed by atoms with E-state index in [1.54, 1.807) is 29.0 Å². The predicted octanol–water partition coefficient (Wildman–Crippen LogP) is 2.29. The molecule has 1 aromatic heterocycles. The van der Waals surface area contributed by atoms with Crippen LogP contribution in [-0.4, -0.2) is 31.7 Å². The van der Waals surface area contributed by atoms with Gasteiger partial charge in [0.25, 0.3) is 0 Å². The number of amides is 1. The van der Waals surface area contributed by atoms with Crippen LogP contribution in [0.3, 0.4) is 0 Å². The molecule has 24 heavy (non-hydrogen) atoms. The molecule has 0 spiro atoms. The van der Waals surface area contributed by atoms with Gasteiger partial charge in [-0.05, 0) is 18.9 Å². The standard InChI is InChI=1S/C18H21N3O3/c1-12-4-3-5-13(8-12)10-21-16(22)7-6-15(18(23)24)17(21)14-9-19-20(2)11-14/h3-5,8-9,11,15,17H,6-7,10H2,1-2H3,(H,23,24)/t15-,17+/m0/s1. The summed E-state index contributed by atoms with van der Waals surface area (Å²) in [7, 11) is 1.79. The molecule has 1 fully saturated rings. The number of likely N-dealkylation sites (tertiary alicyclic amines) is 1. The second-order valence-electron chi connectivity index (χ2n) is 6.39. The third-order valence-corrected chi connectivity index (χ3v) is 4.53. The Morgan fingerprint density at radius 2 is 2.21 bits per heavy atom. The van der Waals surface area contributed by atoms with E-state index in [0.29, 0.717) is 13.0 Å². The van der Waals surface area contributed by atoms with Crippen LogP contribution in [0.25, 0.3) is 0 Å². The zero-order chi connectivity index (χ0) is 17.3. The summed E-state index contributed by atoms with van der Waals surface area (Å²) in [6, 6.07) is 7.45. The number of nitrogens with zero attached hydrogens (tertiary/aromatic N) is 3. The number of piperidine rings is 1. The Labute approximate surface area is 140 Å². The molecule has 1 N–H and O–H groups in total. The number of carbonyl (C=O) groups excluding carboxylic acids is 1. The molecule has 1 saturated heterocycles. The highest BCUT2D eigenvalue weighted by molar-refractivity contribution is 5.81. The number of hydrogen-bond acceptors (Lipinski definition) is 3. The van der Waals surface area contributed by atoms with Gasteiger partial charge in [-0.25, -0.2) is 0 Å². The predicted molar refractivity (Wildman–Crippen MR) is 88.0 cm³/mol. The first kappa shape index (κ1) is 16.2. The Balaban J connectivity index is 1.98. The quantitative estimate of drug-likeness (QED) is 0.935. The molecule has 126 valence electrons. The van der Waals surface area contributed by atoms with Gasteiger partial charge in [-0.2, -0.15) is 5.10 Å². The van der Waals surface area contributed by atoms with Crippen LogP contribution in [0.2, 0.25) is 0 Å². The van der Waals surface area contributed by atoms with E-state index in [1.165, 1.54) is 0 Å². The fourth-order valence-corrected chi connectivity index (χ4v) is 3.41. The fraction of sp³-hybridized carbons (Fsp3) is 0.389. The third-order valence-electron chi connectivity index (χ3n) is 4.53. The third kappa shape index (κ3) is 3.18. The average Bonchev–Trinajstić information content (AvgIpc) is 2.95. The monoisotopic (exact) mass is 327 g/mol. The molecule has 1 aliphatic rings. The van der Waals surface area contributed by atoms with Crippen molar-refractivity contribution >= 4 is 11.9 Å². The van der Waals surface area contributed by atoms with Crippen LogP contribution < -0.4 is 0 Å². The molecule has 1 aliphatic heterocycles. The van der Waals surface area contributed by atoms with Crippen LogP contribution in [0, 0.1) is 12.8 Å². The molecule has 0 bridgehead atoms. The van der Waals surface area contributed by atoms with Gasteiger partial charge >= 0.3 is 5.97 Å². The van der Waals surface area contributed by atoms with Gasteiger partial charge in [-0.15, -0.1) is 0 Å². The van der Waals surface area contributed by atoms with Crippen molar-refractivity contribution in [1.29, 1.82) is 0 Å². The van der Waals surface area contributed by atoms with Crippen molar-refractivity contribution in [2.75, 3.05) is 0 Å². The Morgan fingerprint density at radius 3 is 2.83 bits per heavy atom. The smallest absolute Gasteiger partial charge is 0.308 e. The Bertz CT molecular complexity index is 768. The minimum absolute atomic E-state index is 0.0112. The molecule has 0 aliphatic carbocycles. The van der Waals surface area contributed by atoms with Gasteiger partial charge < -0.3 is 10.0 Å². The molecule has 1 amide bonds. The van der Waals surface area contributed by atoms with E-state index in [9.17, 15) is 14.7 Å². The molecule has 6 nitrogen and oxygen atoms in total. The van der Waals surface area contributed by atoms with Crippen molar-refractivity contribution < 1.29 is 14.7 Å². The molecule has 2 heterocycles. The molecular weight excluding hydrogens is 306 g/mol. The largest absolute Gasteiger partial charge is 0.481 e. The summed E-state index contributed by atoms with van der Waals surface area (Å²) in [6.07, 6.45) is 4.07. The fourth-order valence-electron chi connectivity index (χ4n) is 3.41. The first-order valence-corrected chi connectivity index (χ1v) is 8.02. The SMILES string of the molecule is Cc1cccc(CN2C(=O)CC[C@H](C(=O)O)[C@H]2c2cnn(C)c2)c1. The summed E-state index contributed by atoms with van der Waals surface area (Å²) in [5, 5.41) is 13.8. The maximum absolute atomic E-state index is 12.5. The van der Waals surface area contributed by atoms with Crippen LogP contribution in [0.15, 0.2) is 36.7 Å². The minimum atomic E-state index is -0.870. The van der Waals surface area contributed by atoms with E-state index >= 15 is 0 Å².